The number of aryl methyl sites for hydroxylation is 2. The lowest BCUT2D eigenvalue weighted by molar-refractivity contribution is 0.103. The van der Waals surface area contributed by atoms with Crippen LogP contribution in [0.4, 0.5) is 0 Å². The van der Waals surface area contributed by atoms with Gasteiger partial charge in [0.15, 0.2) is 0 Å². The van der Waals surface area contributed by atoms with Crippen LogP contribution in [0, 0.1) is 19.3 Å². The number of rotatable bonds is 8. The predicted molar refractivity (Wildman–Crippen MR) is 84.4 cm³/mol. The maximum atomic E-state index is 9.97. The summed E-state index contributed by atoms with van der Waals surface area (Å²) in [7, 11) is 0. The average molecular weight is 279 g/mol. The number of ether oxygens (including phenoxy) is 1. The number of hydrogen-bond donors (Lipinski definition) is 2. The number of aliphatic hydroxyl groups excluding tert-OH is 1. The maximum absolute atomic E-state index is 9.97. The second-order valence-corrected chi connectivity index (χ2v) is 6.33. The summed E-state index contributed by atoms with van der Waals surface area (Å²) in [6.07, 6.45) is 0.635. The molecule has 3 heteroatoms. The molecule has 0 aliphatic carbocycles. The van der Waals surface area contributed by atoms with Gasteiger partial charge in [0.25, 0.3) is 0 Å². The van der Waals surface area contributed by atoms with E-state index in [1.807, 2.05) is 32.0 Å². The van der Waals surface area contributed by atoms with Crippen molar-refractivity contribution in [2.24, 2.45) is 5.41 Å². The van der Waals surface area contributed by atoms with Crippen molar-refractivity contribution in [2.75, 3.05) is 19.7 Å². The van der Waals surface area contributed by atoms with E-state index in [9.17, 15) is 5.11 Å². The summed E-state index contributed by atoms with van der Waals surface area (Å²) in [5.74, 6) is 0.889. The van der Waals surface area contributed by atoms with Crippen molar-refractivity contribution in [1.82, 2.24) is 5.32 Å². The highest BCUT2D eigenvalue weighted by atomic mass is 16.5. The monoisotopic (exact) mass is 279 g/mol. The highest BCUT2D eigenvalue weighted by Gasteiger charge is 2.15. The van der Waals surface area contributed by atoms with E-state index in [2.05, 4.69) is 26.1 Å². The summed E-state index contributed by atoms with van der Waals surface area (Å²) < 4.78 is 5.75. The van der Waals surface area contributed by atoms with E-state index in [4.69, 9.17) is 4.74 Å². The van der Waals surface area contributed by atoms with Gasteiger partial charge in [0.2, 0.25) is 0 Å². The molecule has 0 fully saturated rings. The zero-order valence-corrected chi connectivity index (χ0v) is 13.5. The molecule has 0 saturated carbocycles. The quantitative estimate of drug-likeness (QED) is 0.768. The summed E-state index contributed by atoms with van der Waals surface area (Å²) in [4.78, 5) is 0. The normalized spacial score (nSPS) is 13.3. The third-order valence-electron chi connectivity index (χ3n) is 3.77. The Morgan fingerprint density at radius 2 is 1.85 bits per heavy atom. The minimum Gasteiger partial charge on any atom is -0.490 e. The first-order valence-electron chi connectivity index (χ1n) is 7.43. The molecule has 0 bridgehead atoms. The molecule has 1 aromatic rings. The van der Waals surface area contributed by atoms with Gasteiger partial charge in [0.1, 0.15) is 18.5 Å². The van der Waals surface area contributed by atoms with Crippen LogP contribution in [0.1, 0.15) is 38.3 Å². The molecular formula is C17H29NO2. The van der Waals surface area contributed by atoms with E-state index in [1.165, 1.54) is 0 Å². The fourth-order valence-electron chi connectivity index (χ4n) is 1.97. The Labute approximate surface area is 123 Å². The van der Waals surface area contributed by atoms with Gasteiger partial charge in [0, 0.05) is 13.1 Å². The van der Waals surface area contributed by atoms with E-state index in [0.717, 1.165) is 29.8 Å². The van der Waals surface area contributed by atoms with Gasteiger partial charge in [-0.15, -0.1) is 0 Å². The summed E-state index contributed by atoms with van der Waals surface area (Å²) in [5.41, 5.74) is 2.49. The lowest BCUT2D eigenvalue weighted by Crippen LogP contribution is -2.36. The number of hydrogen-bond acceptors (Lipinski definition) is 3. The van der Waals surface area contributed by atoms with Crippen LogP contribution in [-0.4, -0.2) is 30.9 Å². The molecule has 0 amide bonds. The smallest absolute Gasteiger partial charge is 0.125 e. The highest BCUT2D eigenvalue weighted by Crippen LogP contribution is 2.22. The predicted octanol–water partition coefficient (Wildman–Crippen LogP) is 3.07. The Morgan fingerprint density at radius 1 is 1.25 bits per heavy atom. The van der Waals surface area contributed by atoms with Crippen LogP contribution in [0.5, 0.6) is 5.75 Å². The number of benzene rings is 1. The summed E-state index contributed by atoms with van der Waals surface area (Å²) in [6.45, 7) is 12.5. The Kier molecular flexibility index (Phi) is 6.50. The average Bonchev–Trinajstić information content (AvgIpc) is 2.38. The van der Waals surface area contributed by atoms with E-state index >= 15 is 0 Å². The molecule has 0 aliphatic heterocycles. The molecule has 0 radical (unpaired) electrons. The lowest BCUT2D eigenvalue weighted by Gasteiger charge is -2.24. The minimum absolute atomic E-state index is 0.271. The maximum Gasteiger partial charge on any atom is 0.125 e. The molecule has 114 valence electrons. The third kappa shape index (κ3) is 5.51. The Morgan fingerprint density at radius 3 is 2.40 bits per heavy atom. The van der Waals surface area contributed by atoms with Crippen LogP contribution in [0.3, 0.4) is 0 Å². The van der Waals surface area contributed by atoms with Crippen LogP contribution in [0.15, 0.2) is 18.2 Å². The topological polar surface area (TPSA) is 41.5 Å². The molecule has 0 aromatic heterocycles. The van der Waals surface area contributed by atoms with Crippen molar-refractivity contribution in [3.8, 4) is 5.75 Å². The van der Waals surface area contributed by atoms with Gasteiger partial charge in [-0.25, -0.2) is 0 Å². The van der Waals surface area contributed by atoms with Crippen molar-refractivity contribution in [1.29, 1.82) is 0 Å². The van der Waals surface area contributed by atoms with E-state index < -0.39 is 6.10 Å². The first-order chi connectivity index (χ1) is 9.35. The van der Waals surface area contributed by atoms with Crippen LogP contribution >= 0.6 is 0 Å². The van der Waals surface area contributed by atoms with Crippen molar-refractivity contribution >= 4 is 0 Å². The van der Waals surface area contributed by atoms with E-state index in [0.29, 0.717) is 13.2 Å². The van der Waals surface area contributed by atoms with Gasteiger partial charge < -0.3 is 15.2 Å². The molecule has 1 aromatic carbocycles. The van der Waals surface area contributed by atoms with Gasteiger partial charge in [-0.1, -0.05) is 39.0 Å². The fourth-order valence-corrected chi connectivity index (χ4v) is 1.97. The van der Waals surface area contributed by atoms with Crippen molar-refractivity contribution in [3.05, 3.63) is 29.3 Å². The van der Waals surface area contributed by atoms with Gasteiger partial charge >= 0.3 is 0 Å². The van der Waals surface area contributed by atoms with Crippen LogP contribution in [0.2, 0.25) is 0 Å². The van der Waals surface area contributed by atoms with Gasteiger partial charge in [-0.2, -0.15) is 0 Å². The van der Waals surface area contributed by atoms with E-state index in [1.54, 1.807) is 0 Å². The molecular weight excluding hydrogens is 250 g/mol. The standard InChI is InChI=1S/C17H29NO2/c1-6-17(4,5)12-18-10-15(19)11-20-16-13(2)8-7-9-14(16)3/h7-9,15,18-19H,6,10-12H2,1-5H3. The molecule has 1 unspecified atom stereocenters. The van der Waals surface area contributed by atoms with Crippen molar-refractivity contribution < 1.29 is 9.84 Å². The van der Waals surface area contributed by atoms with Crippen LogP contribution in [-0.2, 0) is 0 Å². The Hall–Kier alpha value is -1.06. The number of nitrogens with one attached hydrogen (secondary N) is 1. The second kappa shape index (κ2) is 7.65. The molecule has 1 rings (SSSR count). The molecule has 0 aliphatic rings. The van der Waals surface area contributed by atoms with E-state index in [-0.39, 0.29) is 5.41 Å². The summed E-state index contributed by atoms with van der Waals surface area (Å²) >= 11 is 0. The summed E-state index contributed by atoms with van der Waals surface area (Å²) in [5, 5.41) is 13.3. The molecule has 0 heterocycles. The molecule has 0 saturated heterocycles. The fraction of sp³-hybridized carbons (Fsp3) is 0.647. The molecule has 1 atom stereocenters. The SMILES string of the molecule is CCC(C)(C)CNCC(O)COc1c(C)cccc1C. The number of para-hydroxylation sites is 1. The molecule has 2 N–H and O–H groups in total. The van der Waals surface area contributed by atoms with Crippen molar-refractivity contribution in [2.45, 2.75) is 47.1 Å². The lowest BCUT2D eigenvalue weighted by atomic mass is 9.90. The molecule has 3 nitrogen and oxygen atoms in total. The second-order valence-electron chi connectivity index (χ2n) is 6.33. The molecule has 0 spiro atoms. The highest BCUT2D eigenvalue weighted by molar-refractivity contribution is 5.39. The van der Waals surface area contributed by atoms with Gasteiger partial charge in [-0.05, 0) is 36.8 Å². The zero-order chi connectivity index (χ0) is 15.2. The van der Waals surface area contributed by atoms with Gasteiger partial charge in [0.05, 0.1) is 0 Å². The molecule has 20 heavy (non-hydrogen) atoms. The summed E-state index contributed by atoms with van der Waals surface area (Å²) in [6, 6.07) is 6.07. The minimum atomic E-state index is -0.485. The Bertz CT molecular complexity index is 395. The van der Waals surface area contributed by atoms with Gasteiger partial charge in [-0.3, -0.25) is 0 Å². The first kappa shape index (κ1) is 17.0. The van der Waals surface area contributed by atoms with Crippen LogP contribution in [0.25, 0.3) is 0 Å². The van der Waals surface area contributed by atoms with Crippen LogP contribution < -0.4 is 10.1 Å². The first-order valence-corrected chi connectivity index (χ1v) is 7.43. The zero-order valence-electron chi connectivity index (χ0n) is 13.5. The third-order valence-corrected chi connectivity index (χ3v) is 3.77. The Balaban J connectivity index is 2.35. The van der Waals surface area contributed by atoms with Crippen molar-refractivity contribution in [3.63, 3.8) is 0 Å². The number of aliphatic hydroxyl groups is 1. The largest absolute Gasteiger partial charge is 0.490 e.